The van der Waals surface area contributed by atoms with Gasteiger partial charge in [-0.3, -0.25) is 0 Å². The van der Waals surface area contributed by atoms with E-state index in [1.54, 1.807) is 0 Å². The van der Waals surface area contributed by atoms with Gasteiger partial charge >= 0.3 is 0 Å². The second-order valence-electron chi connectivity index (χ2n) is 6.27. The number of piperidine rings is 1. The van der Waals surface area contributed by atoms with Crippen LogP contribution in [-0.2, 0) is 6.42 Å². The van der Waals surface area contributed by atoms with Gasteiger partial charge in [-0.1, -0.05) is 12.1 Å². The quantitative estimate of drug-likeness (QED) is 0.865. The van der Waals surface area contributed by atoms with Gasteiger partial charge in [0.05, 0.1) is 6.04 Å². The molecule has 4 heteroatoms. The summed E-state index contributed by atoms with van der Waals surface area (Å²) in [6.07, 6.45) is 8.97. The van der Waals surface area contributed by atoms with Crippen molar-refractivity contribution in [1.29, 1.82) is 5.26 Å². The molecule has 2 aliphatic rings. The molecule has 2 heterocycles. The van der Waals surface area contributed by atoms with E-state index in [0.29, 0.717) is 17.9 Å². The topological polar surface area (TPSA) is 42.8 Å². The Balaban J connectivity index is 1.80. The predicted octanol–water partition coefficient (Wildman–Crippen LogP) is 3.34. The van der Waals surface area contributed by atoms with E-state index in [4.69, 9.17) is 0 Å². The van der Waals surface area contributed by atoms with Crippen molar-refractivity contribution in [3.63, 3.8) is 0 Å². The first kappa shape index (κ1) is 13.1. The van der Waals surface area contributed by atoms with Crippen molar-refractivity contribution < 1.29 is 0 Å². The number of hydrogen-bond donors (Lipinski definition) is 1. The number of rotatable bonds is 2. The third-order valence-electron chi connectivity index (χ3n) is 5.09. The molecule has 1 aliphatic carbocycles. The molecule has 0 amide bonds. The molecule has 3 atom stereocenters. The summed E-state index contributed by atoms with van der Waals surface area (Å²) in [5.41, 5.74) is 4.08. The monoisotopic (exact) mass is 297 g/mol. The lowest BCUT2D eigenvalue weighted by Gasteiger charge is -2.44. The number of H-pyrrole nitrogens is 1. The molecule has 1 N–H and O–H groups in total. The molecule has 1 aliphatic heterocycles. The molecule has 1 fully saturated rings. The maximum absolute atomic E-state index is 9.57. The zero-order valence-electron chi connectivity index (χ0n) is 12.2. The summed E-state index contributed by atoms with van der Waals surface area (Å²) in [7, 11) is 0. The zero-order valence-corrected chi connectivity index (χ0v) is 13.0. The highest BCUT2D eigenvalue weighted by Gasteiger charge is 2.40. The van der Waals surface area contributed by atoms with Crippen LogP contribution in [0.3, 0.4) is 0 Å². The number of benzene rings is 1. The molecule has 0 bridgehead atoms. The Morgan fingerprint density at radius 2 is 2.38 bits per heavy atom. The largest absolute Gasteiger partial charge is 0.361 e. The minimum absolute atomic E-state index is 0.349. The van der Waals surface area contributed by atoms with Gasteiger partial charge < -0.3 is 9.88 Å². The van der Waals surface area contributed by atoms with Gasteiger partial charge in [-0.05, 0) is 48.0 Å². The van der Waals surface area contributed by atoms with Crippen LogP contribution in [0.4, 0.5) is 0 Å². The molecule has 4 rings (SSSR count). The lowest BCUT2D eigenvalue weighted by atomic mass is 9.73. The predicted molar refractivity (Wildman–Crippen MR) is 87.3 cm³/mol. The average Bonchev–Trinajstić information content (AvgIpc) is 2.92. The third-order valence-corrected chi connectivity index (χ3v) is 5.89. The second-order valence-corrected chi connectivity index (χ2v) is 7.18. The van der Waals surface area contributed by atoms with E-state index in [1.807, 2.05) is 16.7 Å². The minimum atomic E-state index is 0.349. The van der Waals surface area contributed by atoms with Crippen LogP contribution in [-0.4, -0.2) is 34.5 Å². The van der Waals surface area contributed by atoms with E-state index in [1.165, 1.54) is 28.5 Å². The molecule has 2 aromatic rings. The Labute approximate surface area is 129 Å². The van der Waals surface area contributed by atoms with Crippen molar-refractivity contribution in [2.24, 2.45) is 5.92 Å². The van der Waals surface area contributed by atoms with Crippen molar-refractivity contribution in [3.8, 4) is 6.19 Å². The van der Waals surface area contributed by atoms with E-state index in [0.717, 1.165) is 18.7 Å². The summed E-state index contributed by atoms with van der Waals surface area (Å²) in [5, 5.41) is 11.0. The first-order valence-electron chi connectivity index (χ1n) is 7.56. The molecule has 1 aromatic heterocycles. The fourth-order valence-electron chi connectivity index (χ4n) is 4.26. The number of aromatic nitrogens is 1. The fraction of sp³-hybridized carbons (Fsp3) is 0.471. The Bertz CT molecular complexity index is 714. The summed E-state index contributed by atoms with van der Waals surface area (Å²) in [6.45, 7) is 0.925. The SMILES string of the molecule is CSC[C@H]1C[C@@H]2c3cccc4[nH]cc(c34)C[C@H]2N(C#N)C1. The van der Waals surface area contributed by atoms with Gasteiger partial charge in [-0.15, -0.1) is 0 Å². The molecular weight excluding hydrogens is 278 g/mol. The van der Waals surface area contributed by atoms with Gasteiger partial charge in [0.1, 0.15) is 0 Å². The third kappa shape index (κ3) is 1.95. The van der Waals surface area contributed by atoms with Crippen molar-refractivity contribution >= 4 is 22.7 Å². The lowest BCUT2D eigenvalue weighted by Crippen LogP contribution is -2.48. The Hall–Kier alpha value is -1.60. The number of fused-ring (bicyclic) bond motifs is 2. The van der Waals surface area contributed by atoms with E-state index in [-0.39, 0.29) is 0 Å². The summed E-state index contributed by atoms with van der Waals surface area (Å²) >= 11 is 1.90. The van der Waals surface area contributed by atoms with E-state index in [9.17, 15) is 5.26 Å². The van der Waals surface area contributed by atoms with Crippen molar-refractivity contribution in [1.82, 2.24) is 9.88 Å². The van der Waals surface area contributed by atoms with Crippen molar-refractivity contribution in [3.05, 3.63) is 35.5 Å². The van der Waals surface area contributed by atoms with Crippen LogP contribution in [0.5, 0.6) is 0 Å². The lowest BCUT2D eigenvalue weighted by molar-refractivity contribution is 0.151. The van der Waals surface area contributed by atoms with E-state index in [2.05, 4.69) is 41.8 Å². The summed E-state index contributed by atoms with van der Waals surface area (Å²) in [5.74, 6) is 2.27. The molecule has 1 aromatic carbocycles. The zero-order chi connectivity index (χ0) is 14.4. The van der Waals surface area contributed by atoms with E-state index < -0.39 is 0 Å². The van der Waals surface area contributed by atoms with Crippen molar-refractivity contribution in [2.75, 3.05) is 18.6 Å². The first-order valence-corrected chi connectivity index (χ1v) is 8.95. The summed E-state index contributed by atoms with van der Waals surface area (Å²) in [6, 6.07) is 6.93. The van der Waals surface area contributed by atoms with Crippen LogP contribution < -0.4 is 0 Å². The van der Waals surface area contributed by atoms with Crippen LogP contribution in [0, 0.1) is 17.4 Å². The number of hydrogen-bond acceptors (Lipinski definition) is 3. The highest BCUT2D eigenvalue weighted by atomic mass is 32.2. The first-order chi connectivity index (χ1) is 10.3. The molecule has 0 unspecified atom stereocenters. The molecule has 108 valence electrons. The fourth-order valence-corrected chi connectivity index (χ4v) is 4.97. The van der Waals surface area contributed by atoms with Gasteiger partial charge in [0.15, 0.2) is 6.19 Å². The van der Waals surface area contributed by atoms with Gasteiger partial charge in [0, 0.05) is 29.6 Å². The maximum Gasteiger partial charge on any atom is 0.179 e. The Kier molecular flexibility index (Phi) is 3.11. The standard InChI is InChI=1S/C17H19N3S/c1-21-9-11-5-14-13-3-2-4-15-17(13)12(7-19-15)6-16(14)20(8-11)10-18/h2-4,7,11,14,16,19H,5-6,8-9H2,1H3/t11-,14+,16+/m0/s1. The van der Waals surface area contributed by atoms with Crippen molar-refractivity contribution in [2.45, 2.75) is 24.8 Å². The number of likely N-dealkylation sites (tertiary alicyclic amines) is 1. The summed E-state index contributed by atoms with van der Waals surface area (Å²) in [4.78, 5) is 5.44. The van der Waals surface area contributed by atoms with Crippen LogP contribution >= 0.6 is 11.8 Å². The van der Waals surface area contributed by atoms with Crippen LogP contribution in [0.1, 0.15) is 23.5 Å². The number of nitrogens with zero attached hydrogens (tertiary/aromatic N) is 2. The Morgan fingerprint density at radius 3 is 3.19 bits per heavy atom. The van der Waals surface area contributed by atoms with Gasteiger partial charge in [0.2, 0.25) is 0 Å². The molecule has 1 saturated heterocycles. The molecular formula is C17H19N3S. The van der Waals surface area contributed by atoms with Crippen LogP contribution in [0.25, 0.3) is 10.9 Å². The highest BCUT2D eigenvalue weighted by Crippen LogP contribution is 2.44. The number of nitrogens with one attached hydrogen (secondary N) is 1. The maximum atomic E-state index is 9.57. The van der Waals surface area contributed by atoms with Gasteiger partial charge in [0.25, 0.3) is 0 Å². The molecule has 0 saturated carbocycles. The molecule has 0 radical (unpaired) electrons. The average molecular weight is 297 g/mol. The summed E-state index contributed by atoms with van der Waals surface area (Å²) < 4.78 is 0. The smallest absolute Gasteiger partial charge is 0.179 e. The number of aromatic amines is 1. The van der Waals surface area contributed by atoms with E-state index >= 15 is 0 Å². The van der Waals surface area contributed by atoms with Crippen LogP contribution in [0.15, 0.2) is 24.4 Å². The van der Waals surface area contributed by atoms with Crippen LogP contribution in [0.2, 0.25) is 0 Å². The number of thioether (sulfide) groups is 1. The van der Waals surface area contributed by atoms with Gasteiger partial charge in [-0.25, -0.2) is 0 Å². The Morgan fingerprint density at radius 1 is 1.48 bits per heavy atom. The number of nitriles is 1. The highest BCUT2D eigenvalue weighted by molar-refractivity contribution is 7.98. The molecule has 0 spiro atoms. The molecule has 3 nitrogen and oxygen atoms in total. The second kappa shape index (κ2) is 4.99. The minimum Gasteiger partial charge on any atom is -0.361 e. The molecule has 21 heavy (non-hydrogen) atoms. The van der Waals surface area contributed by atoms with Gasteiger partial charge in [-0.2, -0.15) is 17.0 Å². The normalized spacial score (nSPS) is 27.4.